The zero-order chi connectivity index (χ0) is 21.2. The average molecular weight is 418 g/mol. The van der Waals surface area contributed by atoms with Crippen molar-refractivity contribution in [3.05, 3.63) is 40.4 Å². The Morgan fingerprint density at radius 1 is 1.38 bits per heavy atom. The van der Waals surface area contributed by atoms with Gasteiger partial charge < -0.3 is 9.64 Å². The summed E-state index contributed by atoms with van der Waals surface area (Å²) in [5, 5.41) is 0. The third-order valence-corrected chi connectivity index (χ3v) is 7.01. The molecule has 0 amide bonds. The first kappa shape index (κ1) is 21.5. The van der Waals surface area contributed by atoms with Crippen LogP contribution in [0.3, 0.4) is 0 Å². The quantitative estimate of drug-likeness (QED) is 0.602. The molecule has 1 saturated heterocycles. The lowest BCUT2D eigenvalue weighted by Gasteiger charge is -2.38. The van der Waals surface area contributed by atoms with Gasteiger partial charge in [0.1, 0.15) is 11.9 Å². The molecule has 0 aromatic heterocycles. The van der Waals surface area contributed by atoms with E-state index in [4.69, 9.17) is 9.52 Å². The van der Waals surface area contributed by atoms with Crippen LogP contribution < -0.4 is 4.74 Å². The molecule has 2 aliphatic heterocycles. The minimum Gasteiger partial charge on any atom is -0.490 e. The van der Waals surface area contributed by atoms with Crippen molar-refractivity contribution in [2.75, 3.05) is 32.4 Å². The van der Waals surface area contributed by atoms with Crippen molar-refractivity contribution in [2.45, 2.75) is 39.3 Å². The van der Waals surface area contributed by atoms with Crippen LogP contribution >= 0.6 is 0 Å². The molecule has 0 saturated carbocycles. The van der Waals surface area contributed by atoms with E-state index in [1.165, 1.54) is 23.6 Å². The Kier molecular flexibility index (Phi) is 6.43. The van der Waals surface area contributed by atoms with Gasteiger partial charge in [-0.2, -0.15) is 0 Å². The van der Waals surface area contributed by atoms with Crippen molar-refractivity contribution >= 4 is 22.4 Å². The minimum absolute atomic E-state index is 0.261. The van der Waals surface area contributed by atoms with Crippen molar-refractivity contribution in [1.29, 1.82) is 4.78 Å². The number of aliphatic imine (C=N–C) groups is 2. The van der Waals surface area contributed by atoms with E-state index in [1.807, 2.05) is 0 Å². The number of fused-ring (bicyclic) bond motifs is 1. The van der Waals surface area contributed by atoms with E-state index >= 15 is 0 Å². The van der Waals surface area contributed by atoms with Crippen molar-refractivity contribution in [3.8, 4) is 5.75 Å². The molecule has 7 nitrogen and oxygen atoms in total. The second-order valence-electron chi connectivity index (χ2n) is 7.87. The summed E-state index contributed by atoms with van der Waals surface area (Å²) in [7, 11) is -2.74. The van der Waals surface area contributed by atoms with E-state index in [1.54, 1.807) is 6.92 Å². The average Bonchev–Trinajstić information content (AvgIpc) is 3.06. The van der Waals surface area contributed by atoms with Gasteiger partial charge in [-0.25, -0.2) is 19.0 Å². The summed E-state index contributed by atoms with van der Waals surface area (Å²) in [6, 6.07) is 6.89. The van der Waals surface area contributed by atoms with Crippen molar-refractivity contribution in [1.82, 2.24) is 9.80 Å². The molecule has 0 bridgehead atoms. The van der Waals surface area contributed by atoms with Crippen molar-refractivity contribution in [3.63, 3.8) is 0 Å². The van der Waals surface area contributed by atoms with E-state index in [2.05, 4.69) is 58.5 Å². The summed E-state index contributed by atoms with van der Waals surface area (Å²) in [6.07, 6.45) is 4.11. The van der Waals surface area contributed by atoms with E-state index < -0.39 is 9.73 Å². The predicted octanol–water partition coefficient (Wildman–Crippen LogP) is 3.28. The van der Waals surface area contributed by atoms with Crippen LogP contribution in [0.25, 0.3) is 0 Å². The van der Waals surface area contributed by atoms with Gasteiger partial charge in [-0.05, 0) is 44.7 Å². The van der Waals surface area contributed by atoms with Crippen LogP contribution in [0.4, 0.5) is 0 Å². The summed E-state index contributed by atoms with van der Waals surface area (Å²) in [5.74, 6) is 1.54. The zero-order valence-corrected chi connectivity index (χ0v) is 18.5. The van der Waals surface area contributed by atoms with Crippen LogP contribution in [0, 0.1) is 4.78 Å². The van der Waals surface area contributed by atoms with Gasteiger partial charge in [-0.1, -0.05) is 12.1 Å². The standard InChI is InChI=1S/C21H31N5O2S/c1-15-12-19-7-6-18(13-20(19)28-15)17(3)25-8-10-26(11-9-25)21(23-4)24-14-16(2)29(5,22)27/h6-7,13-15,17,22H,4,8-12H2,1-3,5H3/b16-14+,24-21+/t15-,17?,29?/m1/s1. The summed E-state index contributed by atoms with van der Waals surface area (Å²) in [5.41, 5.74) is 2.57. The fraction of sp³-hybridized carbons (Fsp3) is 0.524. The van der Waals surface area contributed by atoms with E-state index in [0.717, 1.165) is 38.3 Å². The molecule has 158 valence electrons. The molecule has 0 aliphatic carbocycles. The maximum atomic E-state index is 11.8. The molecule has 0 radical (unpaired) electrons. The number of hydrogen-bond acceptors (Lipinski definition) is 5. The summed E-state index contributed by atoms with van der Waals surface area (Å²) in [4.78, 5) is 13.3. The van der Waals surface area contributed by atoms with E-state index in [-0.39, 0.29) is 6.10 Å². The lowest BCUT2D eigenvalue weighted by Crippen LogP contribution is -2.48. The molecule has 2 aliphatic rings. The number of allylic oxidation sites excluding steroid dienone is 1. The molecule has 3 atom stereocenters. The number of ether oxygens (including phenoxy) is 1. The van der Waals surface area contributed by atoms with Gasteiger partial charge in [-0.15, -0.1) is 0 Å². The smallest absolute Gasteiger partial charge is 0.224 e. The number of nitrogens with zero attached hydrogens (tertiary/aromatic N) is 4. The van der Waals surface area contributed by atoms with Gasteiger partial charge in [0.25, 0.3) is 0 Å². The number of nitrogens with one attached hydrogen (secondary N) is 1. The topological polar surface area (TPSA) is 81.3 Å². The van der Waals surface area contributed by atoms with Gasteiger partial charge in [0.15, 0.2) is 0 Å². The molecule has 3 rings (SSSR count). The molecule has 29 heavy (non-hydrogen) atoms. The fourth-order valence-corrected chi connectivity index (χ4v) is 3.92. The maximum Gasteiger partial charge on any atom is 0.224 e. The third kappa shape index (κ3) is 5.05. The Hall–Kier alpha value is -2.19. The van der Waals surface area contributed by atoms with Gasteiger partial charge in [-0.3, -0.25) is 4.90 Å². The molecule has 8 heteroatoms. The Morgan fingerprint density at radius 2 is 2.07 bits per heavy atom. The lowest BCUT2D eigenvalue weighted by molar-refractivity contribution is 0.140. The van der Waals surface area contributed by atoms with Gasteiger partial charge >= 0.3 is 0 Å². The first-order chi connectivity index (χ1) is 13.7. The molecular formula is C21H31N5O2S. The number of guanidine groups is 1. The zero-order valence-electron chi connectivity index (χ0n) is 17.7. The molecule has 2 heterocycles. The Bertz CT molecular complexity index is 930. The number of rotatable bonds is 4. The molecule has 2 unspecified atom stereocenters. The van der Waals surface area contributed by atoms with Crippen LogP contribution in [0.2, 0.25) is 0 Å². The maximum absolute atomic E-state index is 11.8. The Morgan fingerprint density at radius 3 is 2.69 bits per heavy atom. The number of piperazine rings is 1. The van der Waals surface area contributed by atoms with Crippen LogP contribution in [-0.4, -0.2) is 65.2 Å². The molecule has 1 N–H and O–H groups in total. The SMILES string of the molecule is C=N/C(=N\C=C(/C)S(C)(=N)=O)N1CCN(C(C)c2ccc3c(c2)O[C@H](C)C3)CC1. The second kappa shape index (κ2) is 8.67. The highest BCUT2D eigenvalue weighted by Gasteiger charge is 2.25. The normalized spacial score (nSPS) is 23.9. The molecule has 1 fully saturated rings. The largest absolute Gasteiger partial charge is 0.490 e. The Labute approximate surface area is 174 Å². The highest BCUT2D eigenvalue weighted by molar-refractivity contribution is 7.95. The van der Waals surface area contributed by atoms with Crippen molar-refractivity contribution < 1.29 is 8.95 Å². The molecular weight excluding hydrogens is 386 g/mol. The van der Waals surface area contributed by atoms with Gasteiger partial charge in [0.05, 0.1) is 9.73 Å². The van der Waals surface area contributed by atoms with Gasteiger partial charge in [0.2, 0.25) is 5.96 Å². The van der Waals surface area contributed by atoms with E-state index in [9.17, 15) is 4.21 Å². The third-order valence-electron chi connectivity index (χ3n) is 5.67. The molecule has 1 aromatic carbocycles. The number of hydrogen-bond donors (Lipinski definition) is 1. The summed E-state index contributed by atoms with van der Waals surface area (Å²) < 4.78 is 25.3. The highest BCUT2D eigenvalue weighted by Crippen LogP contribution is 2.33. The second-order valence-corrected chi connectivity index (χ2v) is 10.2. The van der Waals surface area contributed by atoms with Crippen LogP contribution in [0.1, 0.15) is 37.9 Å². The lowest BCUT2D eigenvalue weighted by atomic mass is 10.0. The first-order valence-electron chi connectivity index (χ1n) is 9.92. The highest BCUT2D eigenvalue weighted by atomic mass is 32.2. The van der Waals surface area contributed by atoms with Crippen LogP contribution in [0.5, 0.6) is 5.75 Å². The predicted molar refractivity (Wildman–Crippen MR) is 119 cm³/mol. The van der Waals surface area contributed by atoms with Crippen molar-refractivity contribution in [2.24, 2.45) is 9.98 Å². The minimum atomic E-state index is -2.74. The number of benzene rings is 1. The summed E-state index contributed by atoms with van der Waals surface area (Å²) >= 11 is 0. The first-order valence-corrected chi connectivity index (χ1v) is 11.9. The monoisotopic (exact) mass is 417 g/mol. The van der Waals surface area contributed by atoms with Crippen LogP contribution in [0.15, 0.2) is 39.3 Å². The van der Waals surface area contributed by atoms with Gasteiger partial charge in [0, 0.05) is 56.0 Å². The Balaban J connectivity index is 1.64. The summed E-state index contributed by atoms with van der Waals surface area (Å²) in [6.45, 7) is 13.0. The molecule has 0 spiro atoms. The fourth-order valence-electron chi connectivity index (χ4n) is 3.67. The molecule has 1 aromatic rings. The van der Waals surface area contributed by atoms with Crippen LogP contribution in [-0.2, 0) is 16.1 Å². The van der Waals surface area contributed by atoms with E-state index in [0.29, 0.717) is 16.9 Å².